The molecule has 0 bridgehead atoms. The van der Waals surface area contributed by atoms with Crippen molar-refractivity contribution in [2.75, 3.05) is 10.6 Å². The van der Waals surface area contributed by atoms with Crippen LogP contribution in [0.5, 0.6) is 0 Å². The minimum Gasteiger partial charge on any atom is -0.265 e. The van der Waals surface area contributed by atoms with E-state index in [1.54, 1.807) is 0 Å². The van der Waals surface area contributed by atoms with Gasteiger partial charge in [-0.25, -0.2) is 13.4 Å². The summed E-state index contributed by atoms with van der Waals surface area (Å²) in [7, 11) is -3.65. The number of halogens is 1. The molecule has 0 atom stereocenters. The molecule has 0 aliphatic carbocycles. The molecule has 1 aromatic heterocycles. The number of sulfonamides is 1. The van der Waals surface area contributed by atoms with Gasteiger partial charge in [0.25, 0.3) is 0 Å². The molecule has 1 heterocycles. The molecular formula is C29H23BrN2O2S. The van der Waals surface area contributed by atoms with Crippen LogP contribution >= 0.6 is 15.9 Å². The molecule has 0 saturated carbocycles. The molecule has 0 saturated heterocycles. The van der Waals surface area contributed by atoms with Gasteiger partial charge in [0.2, 0.25) is 10.0 Å². The second-order valence-corrected chi connectivity index (χ2v) is 11.2. The van der Waals surface area contributed by atoms with Gasteiger partial charge in [-0.3, -0.25) is 4.31 Å². The highest BCUT2D eigenvalue weighted by molar-refractivity contribution is 9.10. The normalized spacial score (nSPS) is 11.5. The summed E-state index contributed by atoms with van der Waals surface area (Å²) in [4.78, 5) is 5.05. The summed E-state index contributed by atoms with van der Waals surface area (Å²) in [5, 5.41) is 0.786. The van der Waals surface area contributed by atoms with Crippen LogP contribution in [0.1, 0.15) is 5.56 Å². The first kappa shape index (κ1) is 23.3. The Labute approximate surface area is 214 Å². The maximum Gasteiger partial charge on any atom is 0.232 e. The average molecular weight is 543 g/mol. The third-order valence-corrected chi connectivity index (χ3v) is 7.50. The van der Waals surface area contributed by atoms with E-state index >= 15 is 0 Å². The Kier molecular flexibility index (Phi) is 6.41. The molecule has 0 N–H and O–H groups in total. The minimum absolute atomic E-state index is 0.216. The third-order valence-electron chi connectivity index (χ3n) is 5.86. The Morgan fingerprint density at radius 2 is 1.34 bits per heavy atom. The van der Waals surface area contributed by atoms with Crippen molar-refractivity contribution < 1.29 is 8.42 Å². The Balaban J connectivity index is 1.90. The van der Waals surface area contributed by atoms with Gasteiger partial charge in [0.05, 0.1) is 29.7 Å². The Bertz CT molecular complexity index is 1590. The molecular weight excluding hydrogens is 520 g/mol. The fourth-order valence-electron chi connectivity index (χ4n) is 4.26. The van der Waals surface area contributed by atoms with Gasteiger partial charge in [0.15, 0.2) is 0 Å². The highest BCUT2D eigenvalue weighted by atomic mass is 79.9. The summed E-state index contributed by atoms with van der Waals surface area (Å²) in [5.74, 6) is 0. The fourth-order valence-corrected chi connectivity index (χ4v) is 5.43. The maximum absolute atomic E-state index is 13.4. The second-order valence-electron chi connectivity index (χ2n) is 8.33. The Morgan fingerprint density at radius 1 is 0.743 bits per heavy atom. The molecule has 174 valence electrons. The SMILES string of the molecule is CS(=O)(=O)N(Cc1ccccc1)c1c(-c2ccccc2)c(-c2ccc(Br)cc2)nc2ccccc12. The second kappa shape index (κ2) is 9.64. The lowest BCUT2D eigenvalue weighted by Gasteiger charge is -2.28. The van der Waals surface area contributed by atoms with Crippen molar-refractivity contribution in [3.05, 3.63) is 119 Å². The van der Waals surface area contributed by atoms with Crippen LogP contribution in [0, 0.1) is 0 Å². The van der Waals surface area contributed by atoms with E-state index in [9.17, 15) is 8.42 Å². The van der Waals surface area contributed by atoms with Gasteiger partial charge in [-0.05, 0) is 29.3 Å². The predicted octanol–water partition coefficient (Wildman–Crippen LogP) is 7.30. The van der Waals surface area contributed by atoms with Gasteiger partial charge in [-0.2, -0.15) is 0 Å². The number of rotatable bonds is 6. The molecule has 0 fully saturated rings. The zero-order chi connectivity index (χ0) is 24.4. The van der Waals surface area contributed by atoms with Crippen LogP contribution in [0.15, 0.2) is 114 Å². The number of aromatic nitrogens is 1. The van der Waals surface area contributed by atoms with E-state index in [0.29, 0.717) is 5.69 Å². The molecule has 6 heteroatoms. The first-order valence-corrected chi connectivity index (χ1v) is 13.8. The molecule has 0 aliphatic heterocycles. The summed E-state index contributed by atoms with van der Waals surface area (Å²) < 4.78 is 29.2. The van der Waals surface area contributed by atoms with Gasteiger partial charge in [-0.1, -0.05) is 107 Å². The number of hydrogen-bond donors (Lipinski definition) is 0. The van der Waals surface area contributed by atoms with Crippen LogP contribution in [-0.4, -0.2) is 19.7 Å². The molecule has 35 heavy (non-hydrogen) atoms. The molecule has 0 amide bonds. The van der Waals surface area contributed by atoms with Gasteiger partial charge < -0.3 is 0 Å². The van der Waals surface area contributed by atoms with E-state index in [-0.39, 0.29) is 6.54 Å². The summed E-state index contributed by atoms with van der Waals surface area (Å²) >= 11 is 3.51. The smallest absolute Gasteiger partial charge is 0.232 e. The molecule has 5 aromatic rings. The highest BCUT2D eigenvalue weighted by Crippen LogP contribution is 2.44. The molecule has 5 rings (SSSR count). The van der Waals surface area contributed by atoms with Crippen LogP contribution in [0.25, 0.3) is 33.3 Å². The van der Waals surface area contributed by atoms with Crippen LogP contribution < -0.4 is 4.31 Å². The van der Waals surface area contributed by atoms with E-state index in [0.717, 1.165) is 43.3 Å². The molecule has 4 nitrogen and oxygen atoms in total. The third kappa shape index (κ3) is 4.85. The molecule has 0 radical (unpaired) electrons. The number of fused-ring (bicyclic) bond motifs is 1. The molecule has 4 aromatic carbocycles. The quantitative estimate of drug-likeness (QED) is 0.226. The first-order chi connectivity index (χ1) is 16.9. The summed E-state index contributed by atoms with van der Waals surface area (Å²) in [6.45, 7) is 0.216. The van der Waals surface area contributed by atoms with Crippen molar-refractivity contribution >= 4 is 42.5 Å². The standard InChI is InChI=1S/C29H23BrN2O2S/c1-35(33,34)32(20-21-10-4-2-5-11-21)29-25-14-8-9-15-26(25)31-28(23-16-18-24(30)19-17-23)27(29)22-12-6-3-7-13-22/h2-19H,20H2,1H3. The largest absolute Gasteiger partial charge is 0.265 e. The van der Waals surface area contributed by atoms with Gasteiger partial charge in [0, 0.05) is 21.0 Å². The Hall–Kier alpha value is -3.48. The number of nitrogens with zero attached hydrogens (tertiary/aromatic N) is 2. The van der Waals surface area contributed by atoms with Crippen molar-refractivity contribution in [2.45, 2.75) is 6.54 Å². The van der Waals surface area contributed by atoms with Crippen LogP contribution in [0.2, 0.25) is 0 Å². The fraction of sp³-hybridized carbons (Fsp3) is 0.0690. The predicted molar refractivity (Wildman–Crippen MR) is 148 cm³/mol. The summed E-state index contributed by atoms with van der Waals surface area (Å²) in [5.41, 5.74) is 5.61. The van der Waals surface area contributed by atoms with Crippen molar-refractivity contribution in [1.82, 2.24) is 4.98 Å². The average Bonchev–Trinajstić information content (AvgIpc) is 2.87. The monoisotopic (exact) mass is 542 g/mol. The molecule has 0 unspecified atom stereocenters. The first-order valence-electron chi connectivity index (χ1n) is 11.2. The number of pyridine rings is 1. The number of benzene rings is 4. The van der Waals surface area contributed by atoms with Gasteiger partial charge in [-0.15, -0.1) is 0 Å². The van der Waals surface area contributed by atoms with Crippen molar-refractivity contribution in [3.8, 4) is 22.4 Å². The van der Waals surface area contributed by atoms with Crippen molar-refractivity contribution in [3.63, 3.8) is 0 Å². The number of anilines is 1. The van der Waals surface area contributed by atoms with Gasteiger partial charge in [0.1, 0.15) is 0 Å². The van der Waals surface area contributed by atoms with E-state index in [1.807, 2.05) is 109 Å². The number of hydrogen-bond acceptors (Lipinski definition) is 3. The van der Waals surface area contributed by atoms with E-state index in [2.05, 4.69) is 15.9 Å². The van der Waals surface area contributed by atoms with Crippen LogP contribution in [0.4, 0.5) is 5.69 Å². The Morgan fingerprint density at radius 3 is 2.00 bits per heavy atom. The lowest BCUT2D eigenvalue weighted by atomic mass is 9.95. The van der Waals surface area contributed by atoms with E-state index < -0.39 is 10.0 Å². The minimum atomic E-state index is -3.65. The van der Waals surface area contributed by atoms with Crippen LogP contribution in [0.3, 0.4) is 0 Å². The summed E-state index contributed by atoms with van der Waals surface area (Å²) in [6, 6.07) is 35.2. The topological polar surface area (TPSA) is 50.3 Å². The molecule has 0 spiro atoms. The number of para-hydroxylation sites is 1. The lowest BCUT2D eigenvalue weighted by Crippen LogP contribution is -2.30. The van der Waals surface area contributed by atoms with Crippen molar-refractivity contribution in [2.24, 2.45) is 0 Å². The summed E-state index contributed by atoms with van der Waals surface area (Å²) in [6.07, 6.45) is 1.26. The molecule has 0 aliphatic rings. The van der Waals surface area contributed by atoms with E-state index in [1.165, 1.54) is 10.6 Å². The van der Waals surface area contributed by atoms with E-state index in [4.69, 9.17) is 4.98 Å². The zero-order valence-corrected chi connectivity index (χ0v) is 21.5. The van der Waals surface area contributed by atoms with Crippen LogP contribution in [-0.2, 0) is 16.6 Å². The highest BCUT2D eigenvalue weighted by Gasteiger charge is 2.27. The van der Waals surface area contributed by atoms with Crippen molar-refractivity contribution in [1.29, 1.82) is 0 Å². The lowest BCUT2D eigenvalue weighted by molar-refractivity contribution is 0.596. The van der Waals surface area contributed by atoms with Gasteiger partial charge >= 0.3 is 0 Å². The zero-order valence-electron chi connectivity index (χ0n) is 19.1. The maximum atomic E-state index is 13.4.